The molecule has 0 radical (unpaired) electrons. The lowest BCUT2D eigenvalue weighted by Gasteiger charge is -2.17. The second-order valence-electron chi connectivity index (χ2n) is 6.14. The number of aliphatic carboxylic acids is 1. The first-order chi connectivity index (χ1) is 12.0. The molecule has 1 aliphatic rings. The van der Waals surface area contributed by atoms with Gasteiger partial charge in [0, 0.05) is 17.8 Å². The van der Waals surface area contributed by atoms with Crippen molar-refractivity contribution in [2.24, 2.45) is 5.73 Å². The zero-order valence-electron chi connectivity index (χ0n) is 13.8. The number of amides is 1. The zero-order chi connectivity index (χ0) is 17.8. The Kier molecular flexibility index (Phi) is 4.95. The summed E-state index contributed by atoms with van der Waals surface area (Å²) in [6, 6.07) is 12.9. The molecule has 0 heterocycles. The van der Waals surface area contributed by atoms with E-state index in [0.717, 1.165) is 29.5 Å². The highest BCUT2D eigenvalue weighted by Crippen LogP contribution is 2.28. The molecule has 0 aromatic heterocycles. The van der Waals surface area contributed by atoms with Gasteiger partial charge in [0.1, 0.15) is 0 Å². The molecule has 5 nitrogen and oxygen atoms in total. The van der Waals surface area contributed by atoms with Crippen LogP contribution in [-0.2, 0) is 17.8 Å². The maximum atomic E-state index is 12.4. The molecule has 25 heavy (non-hydrogen) atoms. The largest absolute Gasteiger partial charge is 0.481 e. The molecule has 0 bridgehead atoms. The highest BCUT2D eigenvalue weighted by molar-refractivity contribution is 6.04. The Morgan fingerprint density at radius 3 is 2.52 bits per heavy atom. The molecule has 5 heteroatoms. The van der Waals surface area contributed by atoms with Gasteiger partial charge in [0.15, 0.2) is 0 Å². The minimum atomic E-state index is -0.819. The Hall–Kier alpha value is -2.92. The molecule has 0 atom stereocenters. The van der Waals surface area contributed by atoms with Crippen molar-refractivity contribution in [3.63, 3.8) is 0 Å². The highest BCUT2D eigenvalue weighted by Gasteiger charge is 2.14. The topological polar surface area (TPSA) is 92.4 Å². The fourth-order valence-electron chi connectivity index (χ4n) is 2.95. The molecule has 0 saturated heterocycles. The number of benzene rings is 2. The van der Waals surface area contributed by atoms with Crippen molar-refractivity contribution in [2.75, 3.05) is 5.32 Å². The van der Waals surface area contributed by atoms with Gasteiger partial charge >= 0.3 is 5.97 Å². The number of hydrogen-bond donors (Lipinski definition) is 3. The van der Waals surface area contributed by atoms with E-state index in [9.17, 15) is 9.59 Å². The van der Waals surface area contributed by atoms with Gasteiger partial charge in [0.2, 0.25) is 0 Å². The Bertz CT molecular complexity index is 839. The number of rotatable bonds is 5. The quantitative estimate of drug-likeness (QED) is 0.782. The van der Waals surface area contributed by atoms with Crippen LogP contribution in [0.4, 0.5) is 5.69 Å². The van der Waals surface area contributed by atoms with Gasteiger partial charge in [-0.25, -0.2) is 0 Å². The number of hydrogen-bond acceptors (Lipinski definition) is 3. The van der Waals surface area contributed by atoms with Gasteiger partial charge in [0.05, 0.1) is 6.42 Å². The molecule has 2 aromatic rings. The van der Waals surface area contributed by atoms with E-state index in [2.05, 4.69) is 5.32 Å². The van der Waals surface area contributed by atoms with Gasteiger partial charge in [-0.15, -0.1) is 0 Å². The van der Waals surface area contributed by atoms with Crippen LogP contribution in [0.3, 0.4) is 0 Å². The monoisotopic (exact) mass is 336 g/mol. The van der Waals surface area contributed by atoms with Crippen LogP contribution in [-0.4, -0.2) is 17.0 Å². The summed E-state index contributed by atoms with van der Waals surface area (Å²) in [4.78, 5) is 23.2. The lowest BCUT2D eigenvalue weighted by Crippen LogP contribution is -2.12. The van der Waals surface area contributed by atoms with Crippen LogP contribution in [0.15, 0.2) is 48.0 Å². The molecule has 3 rings (SSSR count). The summed E-state index contributed by atoms with van der Waals surface area (Å²) in [6.45, 7) is 0.442. The lowest BCUT2D eigenvalue weighted by atomic mass is 9.90. The fraction of sp³-hybridized carbons (Fsp3) is 0.200. The zero-order valence-corrected chi connectivity index (χ0v) is 13.8. The summed E-state index contributed by atoms with van der Waals surface area (Å²) in [5.41, 5.74) is 10.8. The van der Waals surface area contributed by atoms with Crippen LogP contribution in [0.5, 0.6) is 0 Å². The average molecular weight is 336 g/mol. The average Bonchev–Trinajstić information content (AvgIpc) is 2.61. The van der Waals surface area contributed by atoms with Crippen molar-refractivity contribution in [1.29, 1.82) is 0 Å². The van der Waals surface area contributed by atoms with Gasteiger partial charge in [-0.1, -0.05) is 29.8 Å². The van der Waals surface area contributed by atoms with Crippen LogP contribution in [0.1, 0.15) is 39.9 Å². The number of anilines is 1. The Morgan fingerprint density at radius 1 is 1.08 bits per heavy atom. The fourth-order valence-corrected chi connectivity index (χ4v) is 2.95. The minimum Gasteiger partial charge on any atom is -0.481 e. The third-order valence-electron chi connectivity index (χ3n) is 4.31. The SMILES string of the molecule is NCc1ccc(C(=O)Nc2ccc3c(c2)C=C(CC(=O)O)CC3)cc1. The molecule has 128 valence electrons. The van der Waals surface area contributed by atoms with Crippen molar-refractivity contribution in [3.05, 3.63) is 70.3 Å². The predicted molar refractivity (Wildman–Crippen MR) is 97.3 cm³/mol. The van der Waals surface area contributed by atoms with Crippen LogP contribution < -0.4 is 11.1 Å². The molecule has 2 aromatic carbocycles. The maximum absolute atomic E-state index is 12.4. The first-order valence-corrected chi connectivity index (χ1v) is 8.19. The summed E-state index contributed by atoms with van der Waals surface area (Å²) >= 11 is 0. The van der Waals surface area contributed by atoms with E-state index in [1.807, 2.05) is 36.4 Å². The molecule has 0 unspecified atom stereocenters. The third-order valence-corrected chi connectivity index (χ3v) is 4.31. The van der Waals surface area contributed by atoms with E-state index < -0.39 is 5.97 Å². The van der Waals surface area contributed by atoms with Crippen molar-refractivity contribution < 1.29 is 14.7 Å². The molecular weight excluding hydrogens is 316 g/mol. The van der Waals surface area contributed by atoms with Crippen LogP contribution in [0.2, 0.25) is 0 Å². The van der Waals surface area contributed by atoms with E-state index in [0.29, 0.717) is 17.8 Å². The normalized spacial score (nSPS) is 12.9. The number of aryl methyl sites for hydroxylation is 1. The predicted octanol–water partition coefficient (Wildman–Crippen LogP) is 3.20. The summed E-state index contributed by atoms with van der Waals surface area (Å²) in [6.07, 6.45) is 3.56. The van der Waals surface area contributed by atoms with Crippen LogP contribution in [0, 0.1) is 0 Å². The van der Waals surface area contributed by atoms with Gasteiger partial charge in [-0.05, 0) is 53.8 Å². The van der Waals surface area contributed by atoms with Crippen molar-refractivity contribution in [3.8, 4) is 0 Å². The standard InChI is InChI=1S/C20H20N2O3/c21-12-13-1-5-16(6-2-13)20(25)22-18-8-7-15-4-3-14(10-19(23)24)9-17(15)11-18/h1-2,5-9,11H,3-4,10,12,21H2,(H,22,25)(H,23,24). The smallest absolute Gasteiger partial charge is 0.307 e. The number of nitrogens with two attached hydrogens (primary N) is 1. The van der Waals surface area contributed by atoms with E-state index in [4.69, 9.17) is 10.8 Å². The van der Waals surface area contributed by atoms with E-state index in [1.54, 1.807) is 12.1 Å². The van der Waals surface area contributed by atoms with Crippen molar-refractivity contribution in [2.45, 2.75) is 25.8 Å². The first-order valence-electron chi connectivity index (χ1n) is 8.19. The number of carboxylic acids is 1. The molecule has 1 aliphatic carbocycles. The van der Waals surface area contributed by atoms with E-state index >= 15 is 0 Å². The highest BCUT2D eigenvalue weighted by atomic mass is 16.4. The molecule has 1 amide bonds. The van der Waals surface area contributed by atoms with Gasteiger partial charge in [-0.2, -0.15) is 0 Å². The second kappa shape index (κ2) is 7.32. The van der Waals surface area contributed by atoms with Crippen molar-refractivity contribution in [1.82, 2.24) is 0 Å². The van der Waals surface area contributed by atoms with Gasteiger partial charge in [-0.3, -0.25) is 9.59 Å². The Morgan fingerprint density at radius 2 is 1.84 bits per heavy atom. The molecular formula is C20H20N2O3. The number of fused-ring (bicyclic) bond motifs is 1. The summed E-state index contributed by atoms with van der Waals surface area (Å²) < 4.78 is 0. The van der Waals surface area contributed by atoms with E-state index in [-0.39, 0.29) is 12.3 Å². The molecule has 0 fully saturated rings. The van der Waals surface area contributed by atoms with Crippen LogP contribution >= 0.6 is 0 Å². The summed E-state index contributed by atoms with van der Waals surface area (Å²) in [5.74, 6) is -1.01. The number of carbonyl (C=O) groups excluding carboxylic acids is 1. The molecule has 0 spiro atoms. The van der Waals surface area contributed by atoms with Crippen LogP contribution in [0.25, 0.3) is 6.08 Å². The minimum absolute atomic E-state index is 0.0590. The lowest BCUT2D eigenvalue weighted by molar-refractivity contribution is -0.136. The summed E-state index contributed by atoms with van der Waals surface area (Å²) in [5, 5.41) is 11.8. The van der Waals surface area contributed by atoms with Gasteiger partial charge in [0.25, 0.3) is 5.91 Å². The first kappa shape index (κ1) is 16.9. The number of nitrogens with one attached hydrogen (secondary N) is 1. The second-order valence-corrected chi connectivity index (χ2v) is 6.14. The molecule has 0 saturated carbocycles. The number of carbonyl (C=O) groups is 2. The Balaban J connectivity index is 1.77. The third kappa shape index (κ3) is 4.14. The van der Waals surface area contributed by atoms with E-state index in [1.165, 1.54) is 5.56 Å². The molecule has 0 aliphatic heterocycles. The molecule has 4 N–H and O–H groups in total. The maximum Gasteiger partial charge on any atom is 0.307 e. The van der Waals surface area contributed by atoms with Gasteiger partial charge < -0.3 is 16.2 Å². The van der Waals surface area contributed by atoms with Crippen molar-refractivity contribution >= 4 is 23.6 Å². The number of carboxylic acid groups (broad SMARTS) is 1. The summed E-state index contributed by atoms with van der Waals surface area (Å²) in [7, 11) is 0. The Labute approximate surface area is 146 Å².